The highest BCUT2D eigenvalue weighted by molar-refractivity contribution is 7.17. The second-order valence-corrected chi connectivity index (χ2v) is 5.82. The standard InChI is InChI=1S/C14H14ClNS/c1-16-7-5-10(6-8-16)11-9-17-13-4-2-3-12(15)14(11)13/h2-5,9H,6-8H2,1H3. The van der Waals surface area contributed by atoms with Gasteiger partial charge in [-0.3, -0.25) is 0 Å². The first kappa shape index (κ1) is 11.3. The lowest BCUT2D eigenvalue weighted by Gasteiger charge is -2.21. The van der Waals surface area contributed by atoms with Crippen molar-refractivity contribution >= 4 is 38.6 Å². The van der Waals surface area contributed by atoms with E-state index >= 15 is 0 Å². The fourth-order valence-electron chi connectivity index (χ4n) is 2.30. The van der Waals surface area contributed by atoms with E-state index in [0.29, 0.717) is 0 Å². The molecule has 3 rings (SSSR count). The van der Waals surface area contributed by atoms with Crippen LogP contribution >= 0.6 is 22.9 Å². The molecular formula is C14H14ClNS. The lowest BCUT2D eigenvalue weighted by molar-refractivity contribution is 0.370. The van der Waals surface area contributed by atoms with Gasteiger partial charge in [-0.2, -0.15) is 0 Å². The number of halogens is 1. The summed E-state index contributed by atoms with van der Waals surface area (Å²) in [6, 6.07) is 6.15. The van der Waals surface area contributed by atoms with Crippen LogP contribution < -0.4 is 0 Å². The van der Waals surface area contributed by atoms with Gasteiger partial charge in [0.05, 0.1) is 0 Å². The van der Waals surface area contributed by atoms with Gasteiger partial charge in [0.25, 0.3) is 0 Å². The number of fused-ring (bicyclic) bond motifs is 1. The Kier molecular flexibility index (Phi) is 2.95. The molecule has 0 fully saturated rings. The van der Waals surface area contributed by atoms with E-state index in [0.717, 1.165) is 24.5 Å². The van der Waals surface area contributed by atoms with E-state index in [2.05, 4.69) is 29.5 Å². The van der Waals surface area contributed by atoms with Gasteiger partial charge in [0.15, 0.2) is 0 Å². The van der Waals surface area contributed by atoms with Crippen molar-refractivity contribution in [3.05, 3.63) is 40.2 Å². The van der Waals surface area contributed by atoms with Crippen molar-refractivity contribution in [1.82, 2.24) is 4.90 Å². The number of benzene rings is 1. The maximum atomic E-state index is 6.32. The molecule has 88 valence electrons. The van der Waals surface area contributed by atoms with E-state index in [9.17, 15) is 0 Å². The molecule has 0 atom stereocenters. The molecule has 0 unspecified atom stereocenters. The Hall–Kier alpha value is -0.830. The molecule has 1 aromatic carbocycles. The highest BCUT2D eigenvalue weighted by atomic mass is 35.5. The molecule has 0 N–H and O–H groups in total. The second kappa shape index (κ2) is 4.45. The van der Waals surface area contributed by atoms with Crippen LogP contribution in [0.3, 0.4) is 0 Å². The Labute approximate surface area is 110 Å². The van der Waals surface area contributed by atoms with Gasteiger partial charge in [-0.25, -0.2) is 0 Å². The maximum absolute atomic E-state index is 6.32. The Morgan fingerprint density at radius 3 is 3.00 bits per heavy atom. The predicted molar refractivity (Wildman–Crippen MR) is 76.9 cm³/mol. The van der Waals surface area contributed by atoms with Crippen molar-refractivity contribution in [3.63, 3.8) is 0 Å². The summed E-state index contributed by atoms with van der Waals surface area (Å²) in [6.07, 6.45) is 3.45. The average Bonchev–Trinajstić information content (AvgIpc) is 2.75. The molecule has 0 radical (unpaired) electrons. The number of nitrogens with zero attached hydrogens (tertiary/aromatic N) is 1. The summed E-state index contributed by atoms with van der Waals surface area (Å²) in [7, 11) is 2.16. The number of hydrogen-bond acceptors (Lipinski definition) is 2. The van der Waals surface area contributed by atoms with E-state index < -0.39 is 0 Å². The number of likely N-dealkylation sites (N-methyl/N-ethyl adjacent to an activating group) is 1. The van der Waals surface area contributed by atoms with Crippen LogP contribution in [-0.2, 0) is 0 Å². The van der Waals surface area contributed by atoms with Crippen LogP contribution in [0.5, 0.6) is 0 Å². The molecule has 0 aliphatic carbocycles. The molecule has 17 heavy (non-hydrogen) atoms. The fourth-order valence-corrected chi connectivity index (χ4v) is 3.64. The molecule has 1 aliphatic heterocycles. The molecule has 0 amide bonds. The third-order valence-electron chi connectivity index (χ3n) is 3.31. The zero-order valence-electron chi connectivity index (χ0n) is 9.74. The molecule has 2 heterocycles. The normalized spacial score (nSPS) is 17.4. The molecule has 0 spiro atoms. The molecule has 0 bridgehead atoms. The Morgan fingerprint density at radius 1 is 1.35 bits per heavy atom. The monoisotopic (exact) mass is 263 g/mol. The van der Waals surface area contributed by atoms with E-state index in [-0.39, 0.29) is 0 Å². The SMILES string of the molecule is CN1CC=C(c2csc3cccc(Cl)c23)CC1. The zero-order valence-corrected chi connectivity index (χ0v) is 11.3. The Bertz CT molecular complexity index is 585. The minimum Gasteiger partial charge on any atom is -0.302 e. The predicted octanol–water partition coefficient (Wildman–Crippen LogP) is 4.27. The summed E-state index contributed by atoms with van der Waals surface area (Å²) < 4.78 is 1.28. The summed E-state index contributed by atoms with van der Waals surface area (Å²) in [5.74, 6) is 0. The van der Waals surface area contributed by atoms with Crippen molar-refractivity contribution in [3.8, 4) is 0 Å². The first-order chi connectivity index (χ1) is 8.25. The van der Waals surface area contributed by atoms with Crippen LogP contribution in [0.25, 0.3) is 15.7 Å². The Morgan fingerprint density at radius 2 is 2.24 bits per heavy atom. The molecule has 1 nitrogen and oxygen atoms in total. The highest BCUT2D eigenvalue weighted by Crippen LogP contribution is 2.37. The van der Waals surface area contributed by atoms with Crippen molar-refractivity contribution in [2.24, 2.45) is 0 Å². The molecular weight excluding hydrogens is 250 g/mol. The van der Waals surface area contributed by atoms with Gasteiger partial charge in [-0.15, -0.1) is 11.3 Å². The summed E-state index contributed by atoms with van der Waals surface area (Å²) in [6.45, 7) is 2.17. The first-order valence-electron chi connectivity index (χ1n) is 5.79. The fraction of sp³-hybridized carbons (Fsp3) is 0.286. The van der Waals surface area contributed by atoms with E-state index in [1.807, 2.05) is 12.1 Å². The summed E-state index contributed by atoms with van der Waals surface area (Å²) in [5, 5.41) is 4.35. The first-order valence-corrected chi connectivity index (χ1v) is 7.05. The van der Waals surface area contributed by atoms with Crippen LogP contribution in [-0.4, -0.2) is 25.0 Å². The number of rotatable bonds is 1. The van der Waals surface area contributed by atoms with Gasteiger partial charge in [0, 0.05) is 28.2 Å². The lowest BCUT2D eigenvalue weighted by atomic mass is 9.99. The zero-order chi connectivity index (χ0) is 11.8. The van der Waals surface area contributed by atoms with Gasteiger partial charge in [0.1, 0.15) is 0 Å². The molecule has 1 aliphatic rings. The molecule has 1 aromatic heterocycles. The van der Waals surface area contributed by atoms with Crippen molar-refractivity contribution < 1.29 is 0 Å². The van der Waals surface area contributed by atoms with Crippen molar-refractivity contribution in [2.75, 3.05) is 20.1 Å². The minimum atomic E-state index is 0.874. The summed E-state index contributed by atoms with van der Waals surface area (Å²) in [4.78, 5) is 2.33. The lowest BCUT2D eigenvalue weighted by Crippen LogP contribution is -2.23. The largest absolute Gasteiger partial charge is 0.302 e. The van der Waals surface area contributed by atoms with Crippen LogP contribution in [0, 0.1) is 0 Å². The van der Waals surface area contributed by atoms with Gasteiger partial charge < -0.3 is 4.90 Å². The summed E-state index contributed by atoms with van der Waals surface area (Å²) >= 11 is 8.10. The van der Waals surface area contributed by atoms with Gasteiger partial charge >= 0.3 is 0 Å². The average molecular weight is 264 g/mol. The van der Waals surface area contributed by atoms with Crippen LogP contribution in [0.15, 0.2) is 29.7 Å². The maximum Gasteiger partial charge on any atom is 0.0499 e. The van der Waals surface area contributed by atoms with E-state index in [1.165, 1.54) is 21.2 Å². The van der Waals surface area contributed by atoms with Crippen LogP contribution in [0.4, 0.5) is 0 Å². The highest BCUT2D eigenvalue weighted by Gasteiger charge is 2.14. The van der Waals surface area contributed by atoms with Gasteiger partial charge in [-0.05, 0) is 42.1 Å². The third kappa shape index (κ3) is 2.01. The van der Waals surface area contributed by atoms with Gasteiger partial charge in [-0.1, -0.05) is 23.7 Å². The van der Waals surface area contributed by atoms with Crippen molar-refractivity contribution in [1.29, 1.82) is 0 Å². The van der Waals surface area contributed by atoms with Crippen LogP contribution in [0.2, 0.25) is 5.02 Å². The van der Waals surface area contributed by atoms with E-state index in [1.54, 1.807) is 11.3 Å². The van der Waals surface area contributed by atoms with E-state index in [4.69, 9.17) is 11.6 Å². The molecule has 2 aromatic rings. The smallest absolute Gasteiger partial charge is 0.0499 e. The quantitative estimate of drug-likeness (QED) is 0.743. The number of hydrogen-bond donors (Lipinski definition) is 0. The molecule has 3 heteroatoms. The molecule has 0 saturated heterocycles. The topological polar surface area (TPSA) is 3.24 Å². The van der Waals surface area contributed by atoms with Crippen molar-refractivity contribution in [2.45, 2.75) is 6.42 Å². The minimum absolute atomic E-state index is 0.874. The Balaban J connectivity index is 2.12. The number of thiophene rings is 1. The molecule has 0 saturated carbocycles. The third-order valence-corrected chi connectivity index (χ3v) is 4.57. The summed E-state index contributed by atoms with van der Waals surface area (Å²) in [5.41, 5.74) is 2.78. The second-order valence-electron chi connectivity index (χ2n) is 4.50. The van der Waals surface area contributed by atoms with Gasteiger partial charge in [0.2, 0.25) is 0 Å². The van der Waals surface area contributed by atoms with Crippen LogP contribution in [0.1, 0.15) is 12.0 Å².